The van der Waals surface area contributed by atoms with Gasteiger partial charge in [-0.25, -0.2) is 0 Å². The summed E-state index contributed by atoms with van der Waals surface area (Å²) in [5.74, 6) is 1.61. The van der Waals surface area contributed by atoms with Crippen molar-refractivity contribution in [1.82, 2.24) is 5.32 Å². The van der Waals surface area contributed by atoms with E-state index >= 15 is 0 Å². The molecule has 2 saturated carbocycles. The Balaban J connectivity index is 1.38. The third kappa shape index (κ3) is 5.12. The van der Waals surface area contributed by atoms with Crippen LogP contribution < -0.4 is 10.6 Å². The summed E-state index contributed by atoms with van der Waals surface area (Å²) in [5, 5.41) is 5.64. The third-order valence-electron chi connectivity index (χ3n) is 8.90. The largest absolute Gasteiger partial charge is 0.364 e. The van der Waals surface area contributed by atoms with E-state index in [0.717, 1.165) is 23.6 Å². The maximum atomic E-state index is 5.48. The second-order valence-corrected chi connectivity index (χ2v) is 14.0. The SMILES string of the molecule is C1=CCC([C@H]2NC(c3ccccc3P(C3CCCCC3)C3CCCCC3)=N[C@@H]2c2ccccc2)C=C1. The van der Waals surface area contributed by atoms with Crippen LogP contribution in [0, 0.1) is 5.92 Å². The highest BCUT2D eigenvalue weighted by Crippen LogP contribution is 2.55. The Hall–Kier alpha value is -2.18. The Morgan fingerprint density at radius 2 is 1.39 bits per heavy atom. The van der Waals surface area contributed by atoms with Gasteiger partial charge in [-0.3, -0.25) is 4.99 Å². The minimum Gasteiger partial charge on any atom is -0.364 e. The van der Waals surface area contributed by atoms with E-state index in [4.69, 9.17) is 4.99 Å². The van der Waals surface area contributed by atoms with Gasteiger partial charge in [-0.05, 0) is 54.3 Å². The van der Waals surface area contributed by atoms with E-state index in [1.54, 1.807) is 5.30 Å². The lowest BCUT2D eigenvalue weighted by molar-refractivity contribution is 0.424. The van der Waals surface area contributed by atoms with Crippen LogP contribution in [0.3, 0.4) is 0 Å². The van der Waals surface area contributed by atoms with E-state index < -0.39 is 0 Å². The van der Waals surface area contributed by atoms with Crippen LogP contribution in [0.1, 0.15) is 87.8 Å². The Labute approximate surface area is 219 Å². The number of hydrogen-bond donors (Lipinski definition) is 1. The summed E-state index contributed by atoms with van der Waals surface area (Å²) in [6.45, 7) is 0. The molecule has 36 heavy (non-hydrogen) atoms. The second-order valence-electron chi connectivity index (χ2n) is 11.2. The molecule has 0 radical (unpaired) electrons. The molecule has 2 aromatic rings. The predicted molar refractivity (Wildman–Crippen MR) is 156 cm³/mol. The van der Waals surface area contributed by atoms with Crippen molar-refractivity contribution in [2.24, 2.45) is 10.9 Å². The van der Waals surface area contributed by atoms with E-state index in [9.17, 15) is 0 Å². The summed E-state index contributed by atoms with van der Waals surface area (Å²) in [6.07, 6.45) is 24.5. The number of nitrogens with zero attached hydrogens (tertiary/aromatic N) is 1. The van der Waals surface area contributed by atoms with E-state index in [2.05, 4.69) is 84.2 Å². The van der Waals surface area contributed by atoms with Gasteiger partial charge < -0.3 is 5.32 Å². The molecule has 6 rings (SSSR count). The number of allylic oxidation sites excluding steroid dienone is 3. The van der Waals surface area contributed by atoms with Crippen molar-refractivity contribution in [2.75, 3.05) is 0 Å². The van der Waals surface area contributed by atoms with Crippen LogP contribution in [0.25, 0.3) is 0 Å². The Morgan fingerprint density at radius 1 is 0.722 bits per heavy atom. The van der Waals surface area contributed by atoms with Crippen molar-refractivity contribution in [3.63, 3.8) is 0 Å². The first-order valence-corrected chi connectivity index (χ1v) is 16.0. The molecule has 0 saturated heterocycles. The third-order valence-corrected chi connectivity index (χ3v) is 12.5. The fourth-order valence-corrected chi connectivity index (χ4v) is 11.0. The number of benzene rings is 2. The molecule has 0 aromatic heterocycles. The zero-order valence-corrected chi connectivity index (χ0v) is 22.5. The number of aliphatic imine (C=N–C) groups is 1. The summed E-state index contributed by atoms with van der Waals surface area (Å²) < 4.78 is 0. The van der Waals surface area contributed by atoms with Crippen molar-refractivity contribution in [1.29, 1.82) is 0 Å². The highest BCUT2D eigenvalue weighted by Gasteiger charge is 2.38. The van der Waals surface area contributed by atoms with Crippen LogP contribution in [-0.4, -0.2) is 23.2 Å². The molecular formula is C33H41N2P. The summed E-state index contributed by atoms with van der Waals surface area (Å²) >= 11 is 0. The van der Waals surface area contributed by atoms with Gasteiger partial charge in [-0.1, -0.05) is 125 Å². The van der Waals surface area contributed by atoms with Gasteiger partial charge in [0.25, 0.3) is 0 Å². The Bertz CT molecular complexity index is 1070. The molecule has 1 aliphatic heterocycles. The van der Waals surface area contributed by atoms with Crippen LogP contribution in [-0.2, 0) is 0 Å². The van der Waals surface area contributed by atoms with Gasteiger partial charge in [0.1, 0.15) is 5.84 Å². The van der Waals surface area contributed by atoms with Gasteiger partial charge in [0.15, 0.2) is 0 Å². The van der Waals surface area contributed by atoms with Crippen LogP contribution in [0.5, 0.6) is 0 Å². The van der Waals surface area contributed by atoms with Crippen molar-refractivity contribution in [2.45, 2.75) is 94.0 Å². The van der Waals surface area contributed by atoms with E-state index in [1.165, 1.54) is 75.3 Å². The smallest absolute Gasteiger partial charge is 0.129 e. The number of rotatable bonds is 6. The van der Waals surface area contributed by atoms with E-state index in [0.29, 0.717) is 12.0 Å². The first-order valence-electron chi connectivity index (χ1n) is 14.5. The highest BCUT2D eigenvalue weighted by molar-refractivity contribution is 7.67. The highest BCUT2D eigenvalue weighted by atomic mass is 31.1. The molecular weight excluding hydrogens is 455 g/mol. The quantitative estimate of drug-likeness (QED) is 0.402. The molecule has 1 unspecified atom stereocenters. The van der Waals surface area contributed by atoms with Crippen LogP contribution in [0.15, 0.2) is 83.9 Å². The first kappa shape index (κ1) is 24.2. The molecule has 188 valence electrons. The monoisotopic (exact) mass is 496 g/mol. The number of amidine groups is 1. The lowest BCUT2D eigenvalue weighted by Gasteiger charge is -2.39. The summed E-state index contributed by atoms with van der Waals surface area (Å²) in [5.41, 5.74) is 4.52. The summed E-state index contributed by atoms with van der Waals surface area (Å²) in [7, 11) is -0.172. The van der Waals surface area contributed by atoms with Crippen LogP contribution in [0.2, 0.25) is 0 Å². The fourth-order valence-electron chi connectivity index (χ4n) is 7.09. The topological polar surface area (TPSA) is 24.4 Å². The van der Waals surface area contributed by atoms with Crippen LogP contribution >= 0.6 is 7.92 Å². The molecule has 2 aromatic carbocycles. The van der Waals surface area contributed by atoms with E-state index in [-0.39, 0.29) is 14.0 Å². The lowest BCUT2D eigenvalue weighted by Crippen LogP contribution is -2.39. The van der Waals surface area contributed by atoms with Crippen molar-refractivity contribution < 1.29 is 0 Å². The lowest BCUT2D eigenvalue weighted by atomic mass is 9.86. The van der Waals surface area contributed by atoms with Gasteiger partial charge in [0, 0.05) is 11.5 Å². The van der Waals surface area contributed by atoms with Gasteiger partial charge in [0.2, 0.25) is 0 Å². The molecule has 1 N–H and O–H groups in total. The average molecular weight is 497 g/mol. The molecule has 3 aliphatic carbocycles. The molecule has 4 aliphatic rings. The fraction of sp³-hybridized carbons (Fsp3) is 0.485. The van der Waals surface area contributed by atoms with Crippen molar-refractivity contribution >= 4 is 19.1 Å². The maximum Gasteiger partial charge on any atom is 0.129 e. The normalized spacial score (nSPS) is 27.2. The van der Waals surface area contributed by atoms with Gasteiger partial charge in [-0.2, -0.15) is 0 Å². The molecule has 2 fully saturated rings. The summed E-state index contributed by atoms with van der Waals surface area (Å²) in [4.78, 5) is 5.48. The molecule has 0 spiro atoms. The summed E-state index contributed by atoms with van der Waals surface area (Å²) in [6, 6.07) is 20.8. The van der Waals surface area contributed by atoms with Gasteiger partial charge in [-0.15, -0.1) is 0 Å². The number of nitrogens with one attached hydrogen (secondary N) is 1. The maximum absolute atomic E-state index is 5.48. The standard InChI is InChI=1S/C33H41N2P/c1-5-15-25(16-6-1)31-32(26-17-7-2-8-18-26)35-33(34-31)29-23-13-14-24-30(29)36(27-19-9-3-10-20-27)28-21-11-4-12-22-28/h1-2,5-8,13-17,23-24,26-28,31-32H,3-4,9-12,18-22H2,(H,34,35)/t26?,31-,32-/m1/s1. The van der Waals surface area contributed by atoms with Crippen molar-refractivity contribution in [3.8, 4) is 0 Å². The second kappa shape index (κ2) is 11.5. The molecule has 1 heterocycles. The zero-order chi connectivity index (χ0) is 24.2. The van der Waals surface area contributed by atoms with Crippen LogP contribution in [0.4, 0.5) is 0 Å². The molecule has 2 nitrogen and oxygen atoms in total. The van der Waals surface area contributed by atoms with E-state index in [1.807, 2.05) is 0 Å². The minimum atomic E-state index is -0.172. The number of hydrogen-bond acceptors (Lipinski definition) is 2. The molecule has 0 bridgehead atoms. The molecule has 0 amide bonds. The van der Waals surface area contributed by atoms with Gasteiger partial charge >= 0.3 is 0 Å². The molecule has 3 heteroatoms. The first-order chi connectivity index (χ1) is 17.9. The zero-order valence-electron chi connectivity index (χ0n) is 21.6. The Kier molecular flexibility index (Phi) is 7.70. The van der Waals surface area contributed by atoms with Gasteiger partial charge in [0.05, 0.1) is 12.1 Å². The minimum absolute atomic E-state index is 0.158. The molecule has 3 atom stereocenters. The predicted octanol–water partition coefficient (Wildman–Crippen LogP) is 8.05. The Morgan fingerprint density at radius 3 is 2.06 bits per heavy atom. The van der Waals surface area contributed by atoms with Crippen molar-refractivity contribution in [3.05, 3.63) is 90.0 Å². The average Bonchev–Trinajstić information content (AvgIpc) is 3.41.